The van der Waals surface area contributed by atoms with Crippen LogP contribution in [0.2, 0.25) is 0 Å². The summed E-state index contributed by atoms with van der Waals surface area (Å²) in [6, 6.07) is 22.4. The van der Waals surface area contributed by atoms with Crippen LogP contribution in [0.15, 0.2) is 83.3 Å². The lowest BCUT2D eigenvalue weighted by Crippen LogP contribution is -2.32. The summed E-state index contributed by atoms with van der Waals surface area (Å²) in [7, 11) is 0. The van der Waals surface area contributed by atoms with Crippen molar-refractivity contribution in [1.82, 2.24) is 0 Å². The van der Waals surface area contributed by atoms with E-state index in [9.17, 15) is 14.7 Å². The van der Waals surface area contributed by atoms with Crippen molar-refractivity contribution in [1.29, 1.82) is 0 Å². The number of carbonyl (C=O) groups is 2. The summed E-state index contributed by atoms with van der Waals surface area (Å²) in [6.07, 6.45) is -2.01. The van der Waals surface area contributed by atoms with Gasteiger partial charge in [-0.1, -0.05) is 46.3 Å². The van der Waals surface area contributed by atoms with Crippen LogP contribution < -0.4 is 10.1 Å². The van der Waals surface area contributed by atoms with Gasteiger partial charge in [-0.2, -0.15) is 12.6 Å². The predicted molar refractivity (Wildman–Crippen MR) is 135 cm³/mol. The third-order valence-corrected chi connectivity index (χ3v) is 5.50. The smallest absolute Gasteiger partial charge is 0.412 e. The van der Waals surface area contributed by atoms with Gasteiger partial charge < -0.3 is 19.3 Å². The Labute approximate surface area is 211 Å². The Morgan fingerprint density at radius 1 is 0.971 bits per heavy atom. The third kappa shape index (κ3) is 8.00. The van der Waals surface area contributed by atoms with E-state index in [0.29, 0.717) is 17.0 Å². The van der Waals surface area contributed by atoms with Crippen molar-refractivity contribution >= 4 is 46.3 Å². The van der Waals surface area contributed by atoms with Crippen LogP contribution in [0.4, 0.5) is 10.5 Å². The van der Waals surface area contributed by atoms with Gasteiger partial charge in [0.25, 0.3) is 0 Å². The van der Waals surface area contributed by atoms with E-state index in [1.807, 2.05) is 18.2 Å². The van der Waals surface area contributed by atoms with Crippen LogP contribution in [-0.2, 0) is 14.3 Å². The lowest BCUT2D eigenvalue weighted by Gasteiger charge is -2.28. The van der Waals surface area contributed by atoms with Crippen LogP contribution in [0.5, 0.6) is 11.5 Å². The number of amides is 1. The second-order valence-corrected chi connectivity index (χ2v) is 8.42. The van der Waals surface area contributed by atoms with E-state index in [2.05, 4.69) is 33.9 Å². The first-order valence-corrected chi connectivity index (χ1v) is 11.9. The molecular formula is C25H24BrNO6S. The van der Waals surface area contributed by atoms with E-state index in [1.165, 1.54) is 12.1 Å². The highest BCUT2D eigenvalue weighted by Crippen LogP contribution is 2.29. The van der Waals surface area contributed by atoms with Crippen LogP contribution in [0.3, 0.4) is 0 Å². The third-order valence-electron chi connectivity index (χ3n) is 4.71. The fourth-order valence-electron chi connectivity index (χ4n) is 3.10. The Balaban J connectivity index is 1.84. The van der Waals surface area contributed by atoms with Gasteiger partial charge >= 0.3 is 12.1 Å². The SMILES string of the molecule is O=C(CS)OCC[C@H](Oc1ccccc1)[C@@H](OC(=O)Nc1ccc(Br)cc1)c1ccc(O)cc1. The molecule has 0 spiro atoms. The molecular weight excluding hydrogens is 522 g/mol. The van der Waals surface area contributed by atoms with Crippen LogP contribution in [0.1, 0.15) is 18.1 Å². The van der Waals surface area contributed by atoms with Crippen molar-refractivity contribution in [3.8, 4) is 11.5 Å². The molecule has 0 aliphatic rings. The number of ether oxygens (including phenoxy) is 3. The number of benzene rings is 3. The Morgan fingerprint density at radius 2 is 1.65 bits per heavy atom. The number of anilines is 1. The number of hydrogen-bond donors (Lipinski definition) is 3. The molecule has 34 heavy (non-hydrogen) atoms. The highest BCUT2D eigenvalue weighted by atomic mass is 79.9. The highest BCUT2D eigenvalue weighted by Gasteiger charge is 2.30. The zero-order valence-corrected chi connectivity index (χ0v) is 20.6. The number of phenols is 1. The van der Waals surface area contributed by atoms with Gasteiger partial charge in [-0.25, -0.2) is 4.79 Å². The second kappa shape index (κ2) is 12.9. The molecule has 3 aromatic rings. The average molecular weight is 546 g/mol. The molecule has 0 aliphatic carbocycles. The minimum atomic E-state index is -0.869. The standard InChI is InChI=1S/C25H24BrNO6S/c26-18-8-10-19(11-9-18)27-25(30)33-24(17-6-12-20(28)13-7-17)22(14-15-31-23(29)16-34)32-21-4-2-1-3-5-21/h1-13,22,24,28,34H,14-16H2,(H,27,30)/t22-,24-/m0/s1. The molecule has 1 amide bonds. The molecule has 9 heteroatoms. The molecule has 7 nitrogen and oxygen atoms in total. The molecule has 0 saturated carbocycles. The monoisotopic (exact) mass is 545 g/mol. The number of carbonyl (C=O) groups excluding carboxylic acids is 2. The van der Waals surface area contributed by atoms with Gasteiger partial charge in [0.2, 0.25) is 0 Å². The minimum absolute atomic E-state index is 0.0440. The molecule has 178 valence electrons. The largest absolute Gasteiger partial charge is 0.508 e. The molecule has 0 bridgehead atoms. The highest BCUT2D eigenvalue weighted by molar-refractivity contribution is 9.10. The van der Waals surface area contributed by atoms with E-state index in [1.54, 1.807) is 48.5 Å². The van der Waals surface area contributed by atoms with E-state index in [-0.39, 0.29) is 24.5 Å². The van der Waals surface area contributed by atoms with Crippen LogP contribution >= 0.6 is 28.6 Å². The number of esters is 1. The summed E-state index contributed by atoms with van der Waals surface area (Å²) in [5, 5.41) is 12.4. The van der Waals surface area contributed by atoms with Crippen LogP contribution in [0.25, 0.3) is 0 Å². The van der Waals surface area contributed by atoms with Gasteiger partial charge in [-0.15, -0.1) is 0 Å². The van der Waals surface area contributed by atoms with E-state index in [4.69, 9.17) is 14.2 Å². The van der Waals surface area contributed by atoms with Crippen molar-refractivity contribution in [2.75, 3.05) is 17.7 Å². The lowest BCUT2D eigenvalue weighted by molar-refractivity contribution is -0.141. The molecule has 0 fully saturated rings. The first kappa shape index (κ1) is 25.5. The summed E-state index contributed by atoms with van der Waals surface area (Å²) >= 11 is 7.27. The zero-order valence-electron chi connectivity index (χ0n) is 18.1. The quantitative estimate of drug-likeness (QED) is 0.221. The molecule has 0 saturated heterocycles. The van der Waals surface area contributed by atoms with E-state index >= 15 is 0 Å². The normalized spacial score (nSPS) is 12.3. The predicted octanol–water partition coefficient (Wildman–Crippen LogP) is 5.76. The maximum absolute atomic E-state index is 12.8. The van der Waals surface area contributed by atoms with Crippen molar-refractivity contribution < 1.29 is 28.9 Å². The van der Waals surface area contributed by atoms with Crippen molar-refractivity contribution in [2.45, 2.75) is 18.6 Å². The van der Waals surface area contributed by atoms with E-state index in [0.717, 1.165) is 4.47 Å². The van der Waals surface area contributed by atoms with Crippen molar-refractivity contribution in [3.63, 3.8) is 0 Å². The molecule has 0 aliphatic heterocycles. The molecule has 0 heterocycles. The Morgan fingerprint density at radius 3 is 2.29 bits per heavy atom. The molecule has 2 N–H and O–H groups in total. The number of hydrogen-bond acceptors (Lipinski definition) is 7. The lowest BCUT2D eigenvalue weighted by atomic mass is 10.0. The summed E-state index contributed by atoms with van der Waals surface area (Å²) in [6.45, 7) is 0.0448. The Hall–Kier alpha value is -3.17. The fourth-order valence-corrected chi connectivity index (χ4v) is 3.45. The topological polar surface area (TPSA) is 94.1 Å². The molecule has 2 atom stereocenters. The number of thiol groups is 1. The number of para-hydroxylation sites is 1. The number of phenolic OH excluding ortho intramolecular Hbond substituents is 1. The van der Waals surface area contributed by atoms with Gasteiger partial charge in [0, 0.05) is 16.6 Å². The first-order valence-electron chi connectivity index (χ1n) is 10.4. The first-order chi connectivity index (χ1) is 16.4. The molecule has 0 aromatic heterocycles. The maximum Gasteiger partial charge on any atom is 0.412 e. The zero-order chi connectivity index (χ0) is 24.3. The van der Waals surface area contributed by atoms with Crippen LogP contribution in [-0.4, -0.2) is 35.6 Å². The minimum Gasteiger partial charge on any atom is -0.508 e. The average Bonchev–Trinajstić information content (AvgIpc) is 2.84. The second-order valence-electron chi connectivity index (χ2n) is 7.19. The molecule has 0 radical (unpaired) electrons. The number of nitrogens with one attached hydrogen (secondary N) is 1. The van der Waals surface area contributed by atoms with Gasteiger partial charge in [-0.3, -0.25) is 10.1 Å². The summed E-state index contributed by atoms with van der Waals surface area (Å²) in [5.74, 6) is 0.133. The number of rotatable bonds is 10. The van der Waals surface area contributed by atoms with Gasteiger partial charge in [0.05, 0.1) is 12.4 Å². The van der Waals surface area contributed by atoms with Gasteiger partial charge in [0.1, 0.15) is 17.6 Å². The molecule has 0 unspecified atom stereocenters. The summed E-state index contributed by atoms with van der Waals surface area (Å²) < 4.78 is 18.0. The van der Waals surface area contributed by atoms with Gasteiger partial charge in [0.15, 0.2) is 6.10 Å². The molecule has 3 rings (SSSR count). The van der Waals surface area contributed by atoms with Gasteiger partial charge in [-0.05, 0) is 54.1 Å². The Kier molecular flexibility index (Phi) is 9.66. The summed E-state index contributed by atoms with van der Waals surface area (Å²) in [5.41, 5.74) is 1.16. The summed E-state index contributed by atoms with van der Waals surface area (Å²) in [4.78, 5) is 24.4. The number of halogens is 1. The number of aromatic hydroxyl groups is 1. The maximum atomic E-state index is 12.8. The molecule has 3 aromatic carbocycles. The fraction of sp³-hybridized carbons (Fsp3) is 0.200. The Bertz CT molecular complexity index is 1060. The van der Waals surface area contributed by atoms with E-state index < -0.39 is 24.3 Å². The van der Waals surface area contributed by atoms with Crippen molar-refractivity contribution in [3.05, 3.63) is 88.9 Å². The van der Waals surface area contributed by atoms with Crippen LogP contribution in [0, 0.1) is 0 Å². The van der Waals surface area contributed by atoms with Crippen molar-refractivity contribution in [2.24, 2.45) is 0 Å².